The van der Waals surface area contributed by atoms with Crippen LogP contribution in [0.25, 0.3) is 5.57 Å². The maximum absolute atomic E-state index is 12.8. The quantitative estimate of drug-likeness (QED) is 0.658. The molecule has 1 atom stereocenters. The van der Waals surface area contributed by atoms with Gasteiger partial charge in [0.25, 0.3) is 15.9 Å². The Kier molecular flexibility index (Phi) is 6.22. The molecule has 0 heterocycles. The summed E-state index contributed by atoms with van der Waals surface area (Å²) in [5.41, 5.74) is 3.04. The van der Waals surface area contributed by atoms with Crippen molar-refractivity contribution >= 4 is 44.7 Å². The van der Waals surface area contributed by atoms with Gasteiger partial charge in [-0.1, -0.05) is 66.5 Å². The van der Waals surface area contributed by atoms with Gasteiger partial charge in [0.15, 0.2) is 0 Å². The molecule has 2 aromatic rings. The van der Waals surface area contributed by atoms with Crippen molar-refractivity contribution in [3.05, 3.63) is 80.9 Å². The van der Waals surface area contributed by atoms with Crippen LogP contribution in [0.2, 0.25) is 10.0 Å². The lowest BCUT2D eigenvalue weighted by Gasteiger charge is -2.13. The monoisotopic (exact) mass is 449 g/mol. The average molecular weight is 450 g/mol. The zero-order chi connectivity index (χ0) is 21.3. The molecule has 1 aliphatic rings. The molecule has 0 radical (unpaired) electrons. The standard InChI is InChI=1S/C22H21Cl2NO3S/c1-4-15-11-16(12-18(15)17-9-6-10-19(23)20(17)24)22(26)25-29(27,28)21-13(2)7-5-8-14(21)3/h5-12,15H,4H2,1-3H3,(H,25,26). The second-order valence-corrected chi connectivity index (χ2v) is 9.40. The Balaban J connectivity index is 1.93. The number of amides is 1. The molecule has 0 aliphatic heterocycles. The van der Waals surface area contributed by atoms with Gasteiger partial charge in [-0.15, -0.1) is 0 Å². The first-order valence-electron chi connectivity index (χ1n) is 9.17. The molecule has 0 spiro atoms. The van der Waals surface area contributed by atoms with Gasteiger partial charge in [-0.05, 0) is 54.7 Å². The summed E-state index contributed by atoms with van der Waals surface area (Å²) >= 11 is 12.5. The highest BCUT2D eigenvalue weighted by Gasteiger charge is 2.28. The summed E-state index contributed by atoms with van der Waals surface area (Å²) in [6.07, 6.45) is 4.18. The van der Waals surface area contributed by atoms with Gasteiger partial charge in [0, 0.05) is 11.5 Å². The van der Waals surface area contributed by atoms with Crippen LogP contribution in [0.5, 0.6) is 0 Å². The maximum Gasteiger partial charge on any atom is 0.264 e. The summed E-state index contributed by atoms with van der Waals surface area (Å²) < 4.78 is 27.8. The van der Waals surface area contributed by atoms with E-state index in [4.69, 9.17) is 23.2 Å². The molecular formula is C22H21Cl2NO3S. The van der Waals surface area contributed by atoms with E-state index in [1.807, 2.05) is 13.0 Å². The van der Waals surface area contributed by atoms with E-state index in [1.54, 1.807) is 56.3 Å². The predicted molar refractivity (Wildman–Crippen MR) is 118 cm³/mol. The molecule has 0 fully saturated rings. The Morgan fingerprint density at radius 2 is 1.69 bits per heavy atom. The fraction of sp³-hybridized carbons (Fsp3) is 0.227. The molecular weight excluding hydrogens is 429 g/mol. The summed E-state index contributed by atoms with van der Waals surface area (Å²) in [5.74, 6) is -0.728. The largest absolute Gasteiger partial charge is 0.268 e. The van der Waals surface area contributed by atoms with E-state index in [0.717, 1.165) is 17.6 Å². The summed E-state index contributed by atoms with van der Waals surface area (Å²) in [6.45, 7) is 5.39. The Morgan fingerprint density at radius 1 is 1.07 bits per heavy atom. The van der Waals surface area contributed by atoms with Gasteiger partial charge in [0.2, 0.25) is 0 Å². The molecule has 1 aliphatic carbocycles. The molecule has 152 valence electrons. The summed E-state index contributed by atoms with van der Waals surface area (Å²) in [6, 6.07) is 10.5. The molecule has 29 heavy (non-hydrogen) atoms. The van der Waals surface area contributed by atoms with Crippen molar-refractivity contribution in [2.24, 2.45) is 5.92 Å². The molecule has 1 N–H and O–H groups in total. The number of sulfonamides is 1. The molecule has 3 rings (SSSR count). The van der Waals surface area contributed by atoms with Crippen LogP contribution in [0.4, 0.5) is 0 Å². The second-order valence-electron chi connectivity index (χ2n) is 6.99. The van der Waals surface area contributed by atoms with Crippen molar-refractivity contribution in [2.45, 2.75) is 32.1 Å². The third-order valence-corrected chi connectivity index (χ3v) is 7.41. The third kappa shape index (κ3) is 4.27. The van der Waals surface area contributed by atoms with Crippen molar-refractivity contribution in [1.82, 2.24) is 4.72 Å². The molecule has 0 saturated carbocycles. The highest BCUT2D eigenvalue weighted by atomic mass is 35.5. The predicted octanol–water partition coefficient (Wildman–Crippen LogP) is 5.46. The third-order valence-electron chi connectivity index (χ3n) is 4.96. The van der Waals surface area contributed by atoms with Crippen LogP contribution >= 0.6 is 23.2 Å². The van der Waals surface area contributed by atoms with Crippen LogP contribution in [0.1, 0.15) is 30.0 Å². The van der Waals surface area contributed by atoms with Crippen LogP contribution in [-0.2, 0) is 14.8 Å². The molecule has 0 saturated heterocycles. The lowest BCUT2D eigenvalue weighted by atomic mass is 9.93. The molecule has 0 bridgehead atoms. The number of allylic oxidation sites excluding steroid dienone is 2. The number of carbonyl (C=O) groups excluding carboxylic acids is 1. The zero-order valence-corrected chi connectivity index (χ0v) is 18.6. The van der Waals surface area contributed by atoms with Crippen LogP contribution in [-0.4, -0.2) is 14.3 Å². The van der Waals surface area contributed by atoms with Crippen molar-refractivity contribution in [3.8, 4) is 0 Å². The highest BCUT2D eigenvalue weighted by molar-refractivity contribution is 7.90. The van der Waals surface area contributed by atoms with Crippen LogP contribution in [0.3, 0.4) is 0 Å². The Morgan fingerprint density at radius 3 is 2.31 bits per heavy atom. The van der Waals surface area contributed by atoms with Gasteiger partial charge < -0.3 is 0 Å². The number of benzene rings is 2. The number of aryl methyl sites for hydroxylation is 2. The Hall–Kier alpha value is -2.08. The average Bonchev–Trinajstić information content (AvgIpc) is 3.07. The van der Waals surface area contributed by atoms with Gasteiger partial charge in [-0.25, -0.2) is 13.1 Å². The number of hydrogen-bond acceptors (Lipinski definition) is 3. The number of nitrogens with one attached hydrogen (secondary N) is 1. The molecule has 7 heteroatoms. The molecule has 1 unspecified atom stereocenters. The minimum Gasteiger partial charge on any atom is -0.268 e. The molecule has 1 amide bonds. The van der Waals surface area contributed by atoms with Crippen LogP contribution < -0.4 is 4.72 Å². The van der Waals surface area contributed by atoms with Gasteiger partial charge in [-0.3, -0.25) is 4.79 Å². The van der Waals surface area contributed by atoms with Crippen molar-refractivity contribution in [3.63, 3.8) is 0 Å². The van der Waals surface area contributed by atoms with Crippen LogP contribution in [0.15, 0.2) is 59.0 Å². The van der Waals surface area contributed by atoms with Gasteiger partial charge in [0.05, 0.1) is 14.9 Å². The fourth-order valence-corrected chi connectivity index (χ4v) is 5.42. The van der Waals surface area contributed by atoms with E-state index in [-0.39, 0.29) is 16.4 Å². The number of rotatable bonds is 5. The van der Waals surface area contributed by atoms with Crippen LogP contribution in [0, 0.1) is 19.8 Å². The Labute approximate surface area is 181 Å². The molecule has 0 aromatic heterocycles. The minimum atomic E-state index is -4.00. The molecule has 4 nitrogen and oxygen atoms in total. The van der Waals surface area contributed by atoms with E-state index >= 15 is 0 Å². The van der Waals surface area contributed by atoms with Gasteiger partial charge >= 0.3 is 0 Å². The first-order chi connectivity index (χ1) is 13.7. The lowest BCUT2D eigenvalue weighted by molar-refractivity contribution is -0.115. The van der Waals surface area contributed by atoms with E-state index in [9.17, 15) is 13.2 Å². The van der Waals surface area contributed by atoms with Gasteiger partial charge in [-0.2, -0.15) is 0 Å². The molecule has 2 aromatic carbocycles. The fourth-order valence-electron chi connectivity index (χ4n) is 3.57. The van der Waals surface area contributed by atoms with Gasteiger partial charge in [0.1, 0.15) is 0 Å². The first-order valence-corrected chi connectivity index (χ1v) is 11.4. The van der Waals surface area contributed by atoms with E-state index in [0.29, 0.717) is 21.2 Å². The number of carbonyl (C=O) groups is 1. The Bertz CT molecular complexity index is 1130. The normalized spacial score (nSPS) is 16.4. The second kappa shape index (κ2) is 8.34. The highest BCUT2D eigenvalue weighted by Crippen LogP contribution is 2.40. The lowest BCUT2D eigenvalue weighted by Crippen LogP contribution is -2.32. The topological polar surface area (TPSA) is 63.2 Å². The minimum absolute atomic E-state index is 0.0605. The summed E-state index contributed by atoms with van der Waals surface area (Å²) in [4.78, 5) is 12.9. The SMILES string of the molecule is CCC1C=C(C(=O)NS(=O)(=O)c2c(C)cccc2C)C=C1c1cccc(Cl)c1Cl. The maximum atomic E-state index is 12.8. The summed E-state index contributed by atoms with van der Waals surface area (Å²) in [7, 11) is -4.00. The summed E-state index contributed by atoms with van der Waals surface area (Å²) in [5, 5.41) is 0.840. The van der Waals surface area contributed by atoms with E-state index in [2.05, 4.69) is 4.72 Å². The number of halogens is 2. The van der Waals surface area contributed by atoms with Crippen molar-refractivity contribution in [1.29, 1.82) is 0 Å². The van der Waals surface area contributed by atoms with E-state index in [1.165, 1.54) is 0 Å². The smallest absolute Gasteiger partial charge is 0.264 e. The first kappa shape index (κ1) is 21.6. The van der Waals surface area contributed by atoms with E-state index < -0.39 is 15.9 Å². The number of hydrogen-bond donors (Lipinski definition) is 1. The van der Waals surface area contributed by atoms with Crippen molar-refractivity contribution in [2.75, 3.05) is 0 Å². The van der Waals surface area contributed by atoms with Crippen molar-refractivity contribution < 1.29 is 13.2 Å². The zero-order valence-electron chi connectivity index (χ0n) is 16.3.